The largest absolute Gasteiger partial charge is 0.493 e. The summed E-state index contributed by atoms with van der Waals surface area (Å²) < 4.78 is 18.6. The highest BCUT2D eigenvalue weighted by Gasteiger charge is 2.36. The van der Waals surface area contributed by atoms with Crippen molar-refractivity contribution in [2.45, 2.75) is 58.1 Å². The zero-order chi connectivity index (χ0) is 21.1. The minimum atomic E-state index is -0.531. The molecule has 2 aromatic rings. The fraction of sp³-hybridized carbons (Fsp3) is 0.524. The van der Waals surface area contributed by atoms with Gasteiger partial charge in [-0.15, -0.1) is 0 Å². The lowest BCUT2D eigenvalue weighted by Gasteiger charge is -2.29. The van der Waals surface area contributed by atoms with E-state index in [9.17, 15) is 4.79 Å². The molecule has 4 rings (SSSR count). The van der Waals surface area contributed by atoms with E-state index < -0.39 is 6.04 Å². The maximum Gasteiger partial charge on any atom is 0.338 e. The van der Waals surface area contributed by atoms with Gasteiger partial charge in [0, 0.05) is 5.70 Å². The van der Waals surface area contributed by atoms with Crippen molar-refractivity contribution in [2.24, 2.45) is 0 Å². The van der Waals surface area contributed by atoms with E-state index in [2.05, 4.69) is 20.8 Å². The van der Waals surface area contributed by atoms with E-state index in [1.807, 2.05) is 32.0 Å². The van der Waals surface area contributed by atoms with Crippen molar-refractivity contribution >= 4 is 11.9 Å². The first-order chi connectivity index (χ1) is 14.6. The summed E-state index contributed by atoms with van der Waals surface area (Å²) in [4.78, 5) is 13.3. The highest BCUT2D eigenvalue weighted by atomic mass is 16.5. The van der Waals surface area contributed by atoms with Crippen LogP contribution in [-0.4, -0.2) is 46.0 Å². The summed E-state index contributed by atoms with van der Waals surface area (Å²) in [5.74, 6) is 1.35. The number of hydrogen-bond acceptors (Lipinski definition) is 8. The number of anilines is 1. The Morgan fingerprint density at radius 2 is 2.03 bits per heavy atom. The molecule has 0 unspecified atom stereocenters. The number of benzene rings is 1. The smallest absolute Gasteiger partial charge is 0.338 e. The molecule has 1 saturated carbocycles. The first-order valence-corrected chi connectivity index (χ1v) is 10.4. The van der Waals surface area contributed by atoms with Crippen LogP contribution in [0.1, 0.15) is 57.6 Å². The van der Waals surface area contributed by atoms with Gasteiger partial charge in [0.1, 0.15) is 12.1 Å². The van der Waals surface area contributed by atoms with Crippen LogP contribution in [0.25, 0.3) is 0 Å². The molecule has 160 valence electrons. The Bertz CT molecular complexity index is 949. The number of tetrazole rings is 1. The van der Waals surface area contributed by atoms with E-state index >= 15 is 0 Å². The van der Waals surface area contributed by atoms with Gasteiger partial charge in [0.15, 0.2) is 11.5 Å². The van der Waals surface area contributed by atoms with Crippen LogP contribution < -0.4 is 14.8 Å². The molecule has 0 amide bonds. The number of esters is 1. The number of methoxy groups -OCH3 is 1. The van der Waals surface area contributed by atoms with Gasteiger partial charge in [-0.25, -0.2) is 4.79 Å². The molecule has 1 aliphatic heterocycles. The van der Waals surface area contributed by atoms with Crippen LogP contribution in [0.4, 0.5) is 5.95 Å². The lowest BCUT2D eigenvalue weighted by molar-refractivity contribution is -0.146. The minimum absolute atomic E-state index is 0.0441. The second-order valence-corrected chi connectivity index (χ2v) is 7.52. The van der Waals surface area contributed by atoms with Crippen molar-refractivity contribution in [3.8, 4) is 11.5 Å². The zero-order valence-electron chi connectivity index (χ0n) is 17.6. The quantitative estimate of drug-likeness (QED) is 0.721. The van der Waals surface area contributed by atoms with Crippen molar-refractivity contribution < 1.29 is 19.0 Å². The van der Waals surface area contributed by atoms with Crippen LogP contribution in [0.5, 0.6) is 11.5 Å². The molecule has 1 N–H and O–H groups in total. The van der Waals surface area contributed by atoms with E-state index in [-0.39, 0.29) is 12.1 Å². The average Bonchev–Trinajstić information content (AvgIpc) is 3.22. The van der Waals surface area contributed by atoms with Crippen LogP contribution in [0.15, 0.2) is 29.5 Å². The number of carbonyl (C=O) groups excluding carboxylic acids is 1. The Morgan fingerprint density at radius 3 is 2.77 bits per heavy atom. The van der Waals surface area contributed by atoms with E-state index in [1.54, 1.807) is 11.8 Å². The first-order valence-electron chi connectivity index (χ1n) is 10.4. The summed E-state index contributed by atoms with van der Waals surface area (Å²) >= 11 is 0. The third-order valence-electron chi connectivity index (χ3n) is 5.56. The van der Waals surface area contributed by atoms with Crippen molar-refractivity contribution in [3.05, 3.63) is 35.0 Å². The third-order valence-corrected chi connectivity index (χ3v) is 5.56. The lowest BCUT2D eigenvalue weighted by Crippen LogP contribution is -2.32. The Balaban J connectivity index is 1.72. The molecule has 0 radical (unpaired) electrons. The molecule has 9 heteroatoms. The fourth-order valence-corrected chi connectivity index (χ4v) is 4.11. The molecular weight excluding hydrogens is 386 g/mol. The minimum Gasteiger partial charge on any atom is -0.493 e. The Labute approximate surface area is 175 Å². The molecule has 9 nitrogen and oxygen atoms in total. The second-order valence-electron chi connectivity index (χ2n) is 7.52. The molecule has 0 spiro atoms. The molecule has 2 heterocycles. The average molecular weight is 413 g/mol. The summed E-state index contributed by atoms with van der Waals surface area (Å²) in [7, 11) is 1.59. The van der Waals surface area contributed by atoms with Crippen LogP contribution in [-0.2, 0) is 9.53 Å². The van der Waals surface area contributed by atoms with E-state index in [4.69, 9.17) is 14.2 Å². The second kappa shape index (κ2) is 8.73. The third kappa shape index (κ3) is 3.83. The molecule has 1 fully saturated rings. The monoisotopic (exact) mass is 413 g/mol. The van der Waals surface area contributed by atoms with Crippen LogP contribution in [0, 0.1) is 0 Å². The zero-order valence-corrected chi connectivity index (χ0v) is 17.6. The SMILES string of the molecule is CCOc1ccc([C@H]2C(C(=O)OC3CCCCC3)=C(C)Nc3nnnn32)cc1OC. The highest BCUT2D eigenvalue weighted by molar-refractivity contribution is 5.92. The van der Waals surface area contributed by atoms with E-state index in [0.29, 0.717) is 35.3 Å². The number of hydrogen-bond donors (Lipinski definition) is 1. The van der Waals surface area contributed by atoms with E-state index in [1.165, 1.54) is 6.42 Å². The van der Waals surface area contributed by atoms with Gasteiger partial charge in [0.25, 0.3) is 0 Å². The Hall–Kier alpha value is -3.10. The van der Waals surface area contributed by atoms with Crippen molar-refractivity contribution in [3.63, 3.8) is 0 Å². The fourth-order valence-electron chi connectivity index (χ4n) is 4.11. The topological polar surface area (TPSA) is 100 Å². The molecule has 1 aromatic heterocycles. The molecule has 1 aliphatic carbocycles. The highest BCUT2D eigenvalue weighted by Crippen LogP contribution is 2.39. The van der Waals surface area contributed by atoms with Crippen LogP contribution in [0.2, 0.25) is 0 Å². The van der Waals surface area contributed by atoms with Crippen LogP contribution >= 0.6 is 0 Å². The summed E-state index contributed by atoms with van der Waals surface area (Å²) in [6.07, 6.45) is 5.14. The number of carbonyl (C=O) groups is 1. The molecular formula is C21H27N5O4. The number of rotatable bonds is 6. The van der Waals surface area contributed by atoms with Gasteiger partial charge in [0.05, 0.1) is 19.3 Å². The normalized spacial score (nSPS) is 19.1. The van der Waals surface area contributed by atoms with Gasteiger partial charge < -0.3 is 19.5 Å². The number of ether oxygens (including phenoxy) is 3. The van der Waals surface area contributed by atoms with Gasteiger partial charge in [-0.2, -0.15) is 4.68 Å². The molecule has 2 aliphatic rings. The Kier molecular flexibility index (Phi) is 5.87. The number of allylic oxidation sites excluding steroid dienone is 1. The summed E-state index contributed by atoms with van der Waals surface area (Å²) in [5.41, 5.74) is 1.97. The van der Waals surface area contributed by atoms with Crippen LogP contribution in [0.3, 0.4) is 0 Å². The Morgan fingerprint density at radius 1 is 1.23 bits per heavy atom. The van der Waals surface area contributed by atoms with Gasteiger partial charge in [-0.1, -0.05) is 17.6 Å². The summed E-state index contributed by atoms with van der Waals surface area (Å²) in [6, 6.07) is 5.06. The number of aromatic nitrogens is 4. The van der Waals surface area contributed by atoms with E-state index in [0.717, 1.165) is 31.2 Å². The van der Waals surface area contributed by atoms with Crippen molar-refractivity contribution in [1.29, 1.82) is 0 Å². The predicted octanol–water partition coefficient (Wildman–Crippen LogP) is 3.25. The molecule has 30 heavy (non-hydrogen) atoms. The van der Waals surface area contributed by atoms with Gasteiger partial charge in [-0.3, -0.25) is 0 Å². The molecule has 1 aromatic carbocycles. The maximum atomic E-state index is 13.3. The molecule has 0 bridgehead atoms. The number of nitrogens with zero attached hydrogens (tertiary/aromatic N) is 4. The predicted molar refractivity (Wildman–Crippen MR) is 109 cm³/mol. The lowest BCUT2D eigenvalue weighted by atomic mass is 9.94. The van der Waals surface area contributed by atoms with Crippen molar-refractivity contribution in [1.82, 2.24) is 20.2 Å². The molecule has 0 saturated heterocycles. The van der Waals surface area contributed by atoms with Gasteiger partial charge in [0.2, 0.25) is 5.95 Å². The van der Waals surface area contributed by atoms with Gasteiger partial charge in [-0.05, 0) is 67.7 Å². The van der Waals surface area contributed by atoms with Gasteiger partial charge >= 0.3 is 5.97 Å². The standard InChI is InChI=1S/C21H27N5O4/c1-4-29-16-11-10-14(12-17(16)28-3)19-18(13(2)22-21-23-24-25-26(19)21)20(27)30-15-8-6-5-7-9-15/h10-12,15,19H,4-9H2,1-3H3,(H,22,23,25)/t19-/m0/s1. The number of fused-ring (bicyclic) bond motifs is 1. The molecule has 1 atom stereocenters. The summed E-state index contributed by atoms with van der Waals surface area (Å²) in [6.45, 7) is 4.28. The maximum absolute atomic E-state index is 13.3. The number of nitrogens with one attached hydrogen (secondary N) is 1. The first kappa shape index (κ1) is 20.2. The summed E-state index contributed by atoms with van der Waals surface area (Å²) in [5, 5.41) is 15.0. The van der Waals surface area contributed by atoms with Crippen molar-refractivity contribution in [2.75, 3.05) is 19.0 Å².